The highest BCUT2D eigenvalue weighted by Crippen LogP contribution is 2.27. The number of alkyl halides is 1. The van der Waals surface area contributed by atoms with Gasteiger partial charge in [-0.25, -0.2) is 4.99 Å². The molecular formula is C22H18IN5O. The van der Waals surface area contributed by atoms with Crippen LogP contribution in [0.25, 0.3) is 10.8 Å². The lowest BCUT2D eigenvalue weighted by atomic mass is 10.1. The minimum Gasteiger partial charge on any atom is -0.365 e. The summed E-state index contributed by atoms with van der Waals surface area (Å²) in [5, 5.41) is 12.3. The summed E-state index contributed by atoms with van der Waals surface area (Å²) in [7, 11) is 0. The molecule has 1 aromatic heterocycles. The summed E-state index contributed by atoms with van der Waals surface area (Å²) >= 11 is 2.31. The molecule has 4 N–H and O–H groups in total. The van der Waals surface area contributed by atoms with E-state index in [9.17, 15) is 4.79 Å². The van der Waals surface area contributed by atoms with E-state index in [2.05, 4.69) is 43.1 Å². The fraction of sp³-hybridized carbons (Fsp3) is 0.0455. The summed E-state index contributed by atoms with van der Waals surface area (Å²) in [4.78, 5) is 16.5. The Morgan fingerprint density at radius 2 is 1.86 bits per heavy atom. The number of aliphatic imine (C=N–C) groups is 1. The molecule has 0 aliphatic heterocycles. The van der Waals surface area contributed by atoms with Crippen molar-refractivity contribution in [2.75, 3.05) is 5.32 Å². The first-order chi connectivity index (χ1) is 14.2. The molecule has 0 saturated carbocycles. The van der Waals surface area contributed by atoms with Gasteiger partial charge in [-0.1, -0.05) is 77.2 Å². The Balaban J connectivity index is 1.65. The predicted octanol–water partition coefficient (Wildman–Crippen LogP) is 5.09. The monoisotopic (exact) mass is 495 g/mol. The molecule has 4 aromatic rings. The molecule has 0 radical (unpaired) electrons. The molecule has 1 heterocycles. The fourth-order valence-corrected chi connectivity index (χ4v) is 3.57. The third-order valence-electron chi connectivity index (χ3n) is 4.52. The molecule has 7 heteroatoms. The number of anilines is 2. The first kappa shape index (κ1) is 19.1. The molecule has 6 nitrogen and oxygen atoms in total. The van der Waals surface area contributed by atoms with Gasteiger partial charge >= 0.3 is 0 Å². The number of hydrogen-bond donors (Lipinski definition) is 3. The predicted molar refractivity (Wildman–Crippen MR) is 126 cm³/mol. The molecule has 0 atom stereocenters. The minimum absolute atomic E-state index is 0.222. The average Bonchev–Trinajstić information content (AvgIpc) is 3.15. The molecule has 144 valence electrons. The van der Waals surface area contributed by atoms with Gasteiger partial charge in [0, 0.05) is 21.9 Å². The number of rotatable bonds is 6. The number of hydrogen-bond acceptors (Lipinski definition) is 4. The number of amides is 1. The standard InChI is InChI=1S/C22H18IN5O/c23-12-14-8-10-17(11-9-14)26-22-19(20(24)29)21(27-28-22)25-13-16-6-3-5-15-4-1-2-7-18(15)16/h1-11,13H,12H2,(H2,24,29)(H2,26,27,28)/b25-13+. The van der Waals surface area contributed by atoms with Crippen LogP contribution in [0.5, 0.6) is 0 Å². The van der Waals surface area contributed by atoms with Gasteiger partial charge < -0.3 is 11.1 Å². The highest BCUT2D eigenvalue weighted by Gasteiger charge is 2.18. The lowest BCUT2D eigenvalue weighted by Gasteiger charge is -2.05. The Morgan fingerprint density at radius 3 is 2.62 bits per heavy atom. The number of fused-ring (bicyclic) bond motifs is 1. The largest absolute Gasteiger partial charge is 0.365 e. The quantitative estimate of drug-likeness (QED) is 0.198. The van der Waals surface area contributed by atoms with Crippen LogP contribution in [0.3, 0.4) is 0 Å². The Labute approximate surface area is 181 Å². The Morgan fingerprint density at radius 1 is 1.10 bits per heavy atom. The number of aromatic nitrogens is 2. The van der Waals surface area contributed by atoms with Crippen LogP contribution in [0.4, 0.5) is 17.3 Å². The van der Waals surface area contributed by atoms with Crippen LogP contribution in [0.2, 0.25) is 0 Å². The van der Waals surface area contributed by atoms with E-state index >= 15 is 0 Å². The van der Waals surface area contributed by atoms with Crippen molar-refractivity contribution in [2.24, 2.45) is 10.7 Å². The minimum atomic E-state index is -0.602. The Hall–Kier alpha value is -3.20. The Kier molecular flexibility index (Phi) is 5.57. The van der Waals surface area contributed by atoms with Gasteiger partial charge in [0.25, 0.3) is 5.91 Å². The van der Waals surface area contributed by atoms with E-state index < -0.39 is 5.91 Å². The van der Waals surface area contributed by atoms with Gasteiger partial charge in [-0.05, 0) is 28.5 Å². The van der Waals surface area contributed by atoms with Crippen LogP contribution in [0, 0.1) is 0 Å². The molecular weight excluding hydrogens is 477 g/mol. The molecule has 0 saturated heterocycles. The van der Waals surface area contributed by atoms with E-state index in [0.29, 0.717) is 11.6 Å². The summed E-state index contributed by atoms with van der Waals surface area (Å²) in [5.41, 5.74) is 8.80. The highest BCUT2D eigenvalue weighted by molar-refractivity contribution is 14.1. The van der Waals surface area contributed by atoms with Crippen LogP contribution < -0.4 is 11.1 Å². The van der Waals surface area contributed by atoms with Crippen molar-refractivity contribution in [2.45, 2.75) is 4.43 Å². The van der Waals surface area contributed by atoms with Crippen LogP contribution in [0.1, 0.15) is 21.5 Å². The lowest BCUT2D eigenvalue weighted by molar-refractivity contribution is 0.100. The maximum Gasteiger partial charge on any atom is 0.256 e. The zero-order valence-corrected chi connectivity index (χ0v) is 17.6. The van der Waals surface area contributed by atoms with Crippen molar-refractivity contribution in [1.82, 2.24) is 10.2 Å². The molecule has 0 aliphatic carbocycles. The summed E-state index contributed by atoms with van der Waals surface area (Å²) in [6.45, 7) is 0. The van der Waals surface area contributed by atoms with Crippen LogP contribution in [0.15, 0.2) is 71.7 Å². The number of halogens is 1. The Bertz CT molecular complexity index is 1190. The van der Waals surface area contributed by atoms with Crippen LogP contribution in [-0.2, 0) is 4.43 Å². The zero-order chi connectivity index (χ0) is 20.2. The number of primary amides is 1. The van der Waals surface area contributed by atoms with Crippen molar-refractivity contribution >= 4 is 62.8 Å². The maximum absolute atomic E-state index is 12.1. The number of benzene rings is 3. The number of aromatic amines is 1. The van der Waals surface area contributed by atoms with Gasteiger partial charge in [-0.3, -0.25) is 9.89 Å². The average molecular weight is 495 g/mol. The van der Waals surface area contributed by atoms with E-state index in [1.807, 2.05) is 66.7 Å². The summed E-state index contributed by atoms with van der Waals surface area (Å²) in [6, 6.07) is 22.0. The van der Waals surface area contributed by atoms with E-state index in [0.717, 1.165) is 26.5 Å². The fourth-order valence-electron chi connectivity index (χ4n) is 3.06. The van der Waals surface area contributed by atoms with Gasteiger partial charge in [0.1, 0.15) is 5.56 Å². The van der Waals surface area contributed by atoms with Gasteiger partial charge in [-0.15, -0.1) is 0 Å². The molecule has 1 amide bonds. The van der Waals surface area contributed by atoms with Gasteiger partial charge in [0.05, 0.1) is 0 Å². The van der Waals surface area contributed by atoms with Crippen molar-refractivity contribution in [1.29, 1.82) is 0 Å². The number of carbonyl (C=O) groups excluding carboxylic acids is 1. The summed E-state index contributed by atoms with van der Waals surface area (Å²) in [6.07, 6.45) is 1.71. The third kappa shape index (κ3) is 4.14. The topological polar surface area (TPSA) is 96.2 Å². The van der Waals surface area contributed by atoms with Crippen molar-refractivity contribution in [3.63, 3.8) is 0 Å². The van der Waals surface area contributed by atoms with Crippen LogP contribution >= 0.6 is 22.6 Å². The maximum atomic E-state index is 12.1. The zero-order valence-electron chi connectivity index (χ0n) is 15.4. The highest BCUT2D eigenvalue weighted by atomic mass is 127. The first-order valence-electron chi connectivity index (χ1n) is 8.97. The number of nitrogens with zero attached hydrogens (tertiary/aromatic N) is 2. The number of H-pyrrole nitrogens is 1. The molecule has 0 spiro atoms. The summed E-state index contributed by atoms with van der Waals surface area (Å²) in [5.74, 6) is 0.0665. The molecule has 0 aliphatic rings. The molecule has 0 unspecified atom stereocenters. The van der Waals surface area contributed by atoms with Crippen molar-refractivity contribution in [3.05, 3.63) is 83.4 Å². The van der Waals surface area contributed by atoms with E-state index in [1.165, 1.54) is 5.56 Å². The SMILES string of the molecule is NC(=O)c1c(Nc2ccc(CI)cc2)n[nH]c1/N=C/c1cccc2ccccc12. The molecule has 4 rings (SSSR count). The lowest BCUT2D eigenvalue weighted by Crippen LogP contribution is -2.12. The second kappa shape index (κ2) is 8.44. The van der Waals surface area contributed by atoms with E-state index in [-0.39, 0.29) is 5.56 Å². The number of carbonyl (C=O) groups is 1. The normalized spacial score (nSPS) is 11.2. The number of nitrogens with two attached hydrogens (primary N) is 1. The second-order valence-corrected chi connectivity index (χ2v) is 7.20. The van der Waals surface area contributed by atoms with E-state index in [1.54, 1.807) is 6.21 Å². The molecule has 29 heavy (non-hydrogen) atoms. The molecule has 3 aromatic carbocycles. The molecule has 0 fully saturated rings. The van der Waals surface area contributed by atoms with E-state index in [4.69, 9.17) is 5.73 Å². The molecule has 0 bridgehead atoms. The van der Waals surface area contributed by atoms with Crippen molar-refractivity contribution in [3.8, 4) is 0 Å². The number of nitrogens with one attached hydrogen (secondary N) is 2. The van der Waals surface area contributed by atoms with Crippen LogP contribution in [-0.4, -0.2) is 22.3 Å². The van der Waals surface area contributed by atoms with Crippen molar-refractivity contribution < 1.29 is 4.79 Å². The smallest absolute Gasteiger partial charge is 0.256 e. The first-order valence-corrected chi connectivity index (χ1v) is 10.5. The van der Waals surface area contributed by atoms with Gasteiger partial charge in [0.15, 0.2) is 11.6 Å². The third-order valence-corrected chi connectivity index (χ3v) is 5.40. The second-order valence-electron chi connectivity index (χ2n) is 6.44. The van der Waals surface area contributed by atoms with Gasteiger partial charge in [-0.2, -0.15) is 5.10 Å². The summed E-state index contributed by atoms with van der Waals surface area (Å²) < 4.78 is 0.931. The van der Waals surface area contributed by atoms with Gasteiger partial charge in [0.2, 0.25) is 0 Å².